The summed E-state index contributed by atoms with van der Waals surface area (Å²) < 4.78 is 99.5. The molecule has 0 aliphatic carbocycles. The fourth-order valence-electron chi connectivity index (χ4n) is 14.8. The Balaban J connectivity index is 0.000000120. The number of carbonyl (C=O) groups is 4. The second-order valence-corrected chi connectivity index (χ2v) is 39.3. The van der Waals surface area contributed by atoms with Gasteiger partial charge in [-0.05, 0) is 230 Å². The smallest absolute Gasteiger partial charge is 0.255 e. The molecule has 5 aromatic heterocycles. The number of nitrogens with one attached hydrogen (secondary N) is 4. The summed E-state index contributed by atoms with van der Waals surface area (Å²) in [5.41, 5.74) is 15.2. The number of hydrogen-bond donors (Lipinski definition) is 4. The van der Waals surface area contributed by atoms with Gasteiger partial charge in [-0.3, -0.25) is 56.3 Å². The number of nitrogens with zero attached hydrogens (tertiary/aromatic N) is 9. The summed E-state index contributed by atoms with van der Waals surface area (Å²) in [7, 11) is -12.8. The van der Waals surface area contributed by atoms with Crippen molar-refractivity contribution in [3.63, 3.8) is 0 Å². The minimum Gasteiger partial charge on any atom is -0.322 e. The van der Waals surface area contributed by atoms with Crippen molar-refractivity contribution in [2.75, 3.05) is 87.7 Å². The Morgan fingerprint density at radius 3 is 1.02 bits per heavy atom. The zero-order valence-electron chi connectivity index (χ0n) is 67.8. The van der Waals surface area contributed by atoms with Crippen molar-refractivity contribution in [1.29, 1.82) is 0 Å². The van der Waals surface area contributed by atoms with Crippen LogP contribution in [0.2, 0.25) is 15.1 Å². The van der Waals surface area contributed by atoms with E-state index < -0.39 is 40.1 Å². The van der Waals surface area contributed by atoms with Crippen molar-refractivity contribution in [3.05, 3.63) is 353 Å². The van der Waals surface area contributed by atoms with E-state index in [4.69, 9.17) is 34.8 Å². The maximum Gasteiger partial charge on any atom is 0.255 e. The quantitative estimate of drug-likeness (QED) is 0.0698. The molecular weight excluding hydrogens is 1760 g/mol. The number of carbonyl (C=O) groups excluding carboxylic acids is 4. The van der Waals surface area contributed by atoms with Crippen LogP contribution in [-0.4, -0.2) is 131 Å². The molecule has 0 spiro atoms. The first-order chi connectivity index (χ1) is 61.7. The van der Waals surface area contributed by atoms with Crippen LogP contribution in [0.5, 0.6) is 0 Å². The van der Waals surface area contributed by atoms with E-state index in [0.29, 0.717) is 132 Å². The van der Waals surface area contributed by atoms with E-state index in [1.165, 1.54) is 17.2 Å². The normalized spacial score (nSPS) is 14.7. The number of hydrogen-bond acceptors (Lipinski definition) is 17. The molecule has 4 fully saturated rings. The van der Waals surface area contributed by atoms with Crippen molar-refractivity contribution in [2.24, 2.45) is 0 Å². The van der Waals surface area contributed by atoms with Gasteiger partial charge in [0.1, 0.15) is 0 Å². The molecule has 640 valence electrons. The van der Waals surface area contributed by atoms with Crippen LogP contribution in [-0.2, 0) is 40.1 Å². The second-order valence-electron chi connectivity index (χ2n) is 30.1. The van der Waals surface area contributed by atoms with Gasteiger partial charge in [-0.2, -0.15) is 0 Å². The molecule has 0 radical (unpaired) electrons. The summed E-state index contributed by atoms with van der Waals surface area (Å²) in [6.45, 7) is 3.88. The fraction of sp³-hybridized carbons (Fsp3) is 0.0938. The summed E-state index contributed by atoms with van der Waals surface area (Å²) in [4.78, 5) is 73.7. The third kappa shape index (κ3) is 18.5. The lowest BCUT2D eigenvalue weighted by molar-refractivity contribution is 0.101. The molecular formula is C96H74Cl3N13O12S4. The number of benzene rings is 11. The first-order valence-corrected chi connectivity index (χ1v) is 47.7. The van der Waals surface area contributed by atoms with Crippen LogP contribution >= 0.6 is 34.8 Å². The number of aryl methyl sites for hydroxylation is 1. The van der Waals surface area contributed by atoms with E-state index in [-0.39, 0.29) is 46.6 Å². The van der Waals surface area contributed by atoms with Gasteiger partial charge in [0.2, 0.25) is 40.1 Å². The molecule has 128 heavy (non-hydrogen) atoms. The summed E-state index contributed by atoms with van der Waals surface area (Å²) in [6.07, 6.45) is 6.92. The number of rotatable bonds is 16. The van der Waals surface area contributed by atoms with Gasteiger partial charge in [-0.1, -0.05) is 114 Å². The molecule has 0 unspecified atom stereocenters. The lowest BCUT2D eigenvalue weighted by atomic mass is 9.99. The molecule has 9 heterocycles. The van der Waals surface area contributed by atoms with Gasteiger partial charge >= 0.3 is 0 Å². The Bertz CT molecular complexity index is 7050. The topological polar surface area (TPSA) is 330 Å². The number of sulfonamides is 4. The van der Waals surface area contributed by atoms with Crippen LogP contribution in [0.1, 0.15) is 47.0 Å². The molecule has 25 nitrogen and oxygen atoms in total. The number of aromatic nitrogens is 5. The lowest BCUT2D eigenvalue weighted by Crippen LogP contribution is -2.47. The number of amides is 4. The Morgan fingerprint density at radius 1 is 0.297 bits per heavy atom. The molecule has 0 bridgehead atoms. The summed E-state index contributed by atoms with van der Waals surface area (Å²) >= 11 is 19.3. The van der Waals surface area contributed by atoms with Gasteiger partial charge in [0.05, 0.1) is 94.6 Å². The SMILES string of the molecule is Cc1ccc(NC(=O)c2ccc(N3CCS3(=O)=O)cc2)cc1-c1nccc2ccccc12.O=C(Nc1ccc(Cl)c(-c2ccc3ccccc3n2)c1)c1ccc(N2CCS2(=O)=O)cc1.O=C(Nc1ccc(Cl)c(-c2nccc3ccccc23)c1)c1ccc(N2CCS2(=O)=O)cc1.O=C(Nc1ccc(Cl)c(-c2nccc3ncccc23)c1)c1ccc(N2CCS2(=O)=O)cc1. The molecule has 32 heteroatoms. The second kappa shape index (κ2) is 36.1. The third-order valence-electron chi connectivity index (χ3n) is 21.9. The maximum atomic E-state index is 12.8. The van der Waals surface area contributed by atoms with Crippen molar-refractivity contribution < 1.29 is 52.8 Å². The highest BCUT2D eigenvalue weighted by Gasteiger charge is 2.36. The Hall–Kier alpha value is -14.0. The number of halogens is 3. The monoisotopic (exact) mass is 1830 g/mol. The van der Waals surface area contributed by atoms with E-state index in [1.807, 2.05) is 134 Å². The summed E-state index contributed by atoms with van der Waals surface area (Å²) in [5.74, 6) is -0.566. The van der Waals surface area contributed by atoms with Crippen molar-refractivity contribution in [2.45, 2.75) is 6.92 Å². The Labute approximate surface area is 751 Å². The van der Waals surface area contributed by atoms with Crippen molar-refractivity contribution in [3.8, 4) is 45.0 Å². The number of anilines is 8. The highest BCUT2D eigenvalue weighted by atomic mass is 35.5. The molecule has 4 saturated heterocycles. The first kappa shape index (κ1) is 86.1. The zero-order chi connectivity index (χ0) is 89.2. The van der Waals surface area contributed by atoms with Gasteiger partial charge in [0.25, 0.3) is 23.6 Å². The largest absolute Gasteiger partial charge is 0.322 e. The van der Waals surface area contributed by atoms with Crippen LogP contribution in [0, 0.1) is 6.92 Å². The van der Waals surface area contributed by atoms with Gasteiger partial charge < -0.3 is 21.3 Å². The molecule has 0 atom stereocenters. The highest BCUT2D eigenvalue weighted by molar-refractivity contribution is 7.95. The average Bonchev–Trinajstić information content (AvgIpc) is 0.775. The van der Waals surface area contributed by atoms with Crippen LogP contribution in [0.3, 0.4) is 0 Å². The number of para-hydroxylation sites is 1. The molecule has 11 aromatic carbocycles. The standard InChI is InChI=1S/C25H21N3O3S.2C24H18ClN3O3S.C23H17ClN4O3S/c1-17-6-9-20(16-23(17)24-22-5-3-2-4-18(22)12-13-26-24)27-25(29)19-7-10-21(11-8-19)28-14-15-32(28,30)31;25-21-11-8-18(15-20(21)23-12-7-16-3-1-2-4-22(16)27-23)26-24(29)17-5-9-19(10-6-17)28-13-14-32(28,30)31;25-22-10-7-18(15-21(22)23-20-4-2-1-3-16(20)11-12-26-23)27-24(29)17-5-8-19(9-6-17)28-13-14-32(28,30)31;24-20-8-5-16(14-19(20)22-18-2-1-10-25-21(18)9-11-26-22)27-23(29)15-3-6-17(7-4-15)28-12-13-32(28,30)31/h2-13,16H,14-15H2,1H3,(H,27,29);1-12,15H,13-14H2,(H,26,29);1-12,15H,13-14H2,(H,27,29);1-11,14H,12-13H2,(H,27,29). The maximum absolute atomic E-state index is 12.8. The van der Waals surface area contributed by atoms with Gasteiger partial charge in [-0.15, -0.1) is 0 Å². The van der Waals surface area contributed by atoms with E-state index in [1.54, 1.807) is 176 Å². The van der Waals surface area contributed by atoms with E-state index in [9.17, 15) is 52.8 Å². The average molecular weight is 1840 g/mol. The lowest BCUT2D eigenvalue weighted by Gasteiger charge is -2.32. The number of fused-ring (bicyclic) bond motifs is 4. The highest BCUT2D eigenvalue weighted by Crippen LogP contribution is 2.39. The van der Waals surface area contributed by atoms with Crippen molar-refractivity contribution in [1.82, 2.24) is 24.9 Å². The molecule has 0 saturated carbocycles. The Morgan fingerprint density at radius 2 is 0.625 bits per heavy atom. The predicted octanol–water partition coefficient (Wildman–Crippen LogP) is 18.9. The zero-order valence-corrected chi connectivity index (χ0v) is 73.3. The third-order valence-corrected chi connectivity index (χ3v) is 29.9. The summed E-state index contributed by atoms with van der Waals surface area (Å²) in [5, 5.41) is 19.2. The van der Waals surface area contributed by atoms with Crippen LogP contribution < -0.4 is 38.5 Å². The van der Waals surface area contributed by atoms with Gasteiger partial charge in [0.15, 0.2) is 0 Å². The molecule has 20 rings (SSSR count). The van der Waals surface area contributed by atoms with E-state index in [2.05, 4.69) is 52.3 Å². The molecule has 4 aliphatic rings. The van der Waals surface area contributed by atoms with E-state index >= 15 is 0 Å². The molecule has 4 N–H and O–H groups in total. The predicted molar refractivity (Wildman–Crippen MR) is 508 cm³/mol. The summed E-state index contributed by atoms with van der Waals surface area (Å²) in [6, 6.07) is 84.7. The van der Waals surface area contributed by atoms with Crippen LogP contribution in [0.15, 0.2) is 310 Å². The van der Waals surface area contributed by atoms with E-state index in [0.717, 1.165) is 71.4 Å². The van der Waals surface area contributed by atoms with Gasteiger partial charge in [0, 0.05) is 140 Å². The minimum absolute atomic E-state index is 0.149. The van der Waals surface area contributed by atoms with Crippen LogP contribution in [0.25, 0.3) is 88.4 Å². The Kier molecular flexibility index (Phi) is 24.3. The minimum atomic E-state index is -3.20. The molecule has 16 aromatic rings. The number of pyridine rings is 5. The van der Waals surface area contributed by atoms with Crippen LogP contribution in [0.4, 0.5) is 45.5 Å². The van der Waals surface area contributed by atoms with Crippen molar-refractivity contribution >= 4 is 187 Å². The van der Waals surface area contributed by atoms with Gasteiger partial charge in [-0.25, -0.2) is 38.7 Å². The molecule has 4 aliphatic heterocycles. The first-order valence-electron chi connectivity index (χ1n) is 40.1. The fourth-order valence-corrected chi connectivity index (χ4v) is 19.9. The molecule has 4 amide bonds.